The molecule has 29 heavy (non-hydrogen) atoms. The largest absolute Gasteiger partial charge is 0.484 e. The molecule has 8 nitrogen and oxygen atoms in total. The number of β-amino-alcohol motifs (C(OH)–C–C–N with tert-alkyl or cyclic N) is 1. The van der Waals surface area contributed by atoms with Crippen LogP contribution >= 0.6 is 0 Å². The van der Waals surface area contributed by atoms with Gasteiger partial charge in [-0.15, -0.1) is 0 Å². The van der Waals surface area contributed by atoms with Crippen molar-refractivity contribution in [2.24, 2.45) is 7.05 Å². The lowest BCUT2D eigenvalue weighted by molar-refractivity contribution is -0.137. The molecule has 0 aliphatic carbocycles. The van der Waals surface area contributed by atoms with Crippen LogP contribution < -0.4 is 15.6 Å². The maximum absolute atomic E-state index is 12.9. The number of carbonyl (C=O) groups excluding carboxylic acids is 2. The van der Waals surface area contributed by atoms with Crippen LogP contribution in [0.3, 0.4) is 0 Å². The number of hydrogen-bond acceptors (Lipinski definition) is 5. The summed E-state index contributed by atoms with van der Waals surface area (Å²) in [4.78, 5) is 37.9. The minimum Gasteiger partial charge on any atom is -0.484 e. The Morgan fingerprint density at radius 3 is 2.66 bits per heavy atom. The zero-order valence-corrected chi connectivity index (χ0v) is 15.9. The molecule has 2 atom stereocenters. The molecule has 2 aromatic rings. The Labute approximate surface area is 166 Å². The van der Waals surface area contributed by atoms with Crippen molar-refractivity contribution in [1.82, 2.24) is 14.8 Å². The second kappa shape index (κ2) is 8.87. The van der Waals surface area contributed by atoms with Gasteiger partial charge in [0.2, 0.25) is 0 Å². The number of ether oxygens (including phenoxy) is 1. The van der Waals surface area contributed by atoms with Gasteiger partial charge in [-0.25, -0.2) is 4.39 Å². The van der Waals surface area contributed by atoms with Gasteiger partial charge in [0, 0.05) is 44.0 Å². The van der Waals surface area contributed by atoms with Gasteiger partial charge in [-0.2, -0.15) is 0 Å². The molecule has 1 aromatic heterocycles. The molecule has 1 aromatic carbocycles. The molecule has 3 rings (SSSR count). The number of nitrogens with zero attached hydrogens (tertiary/aromatic N) is 2. The minimum absolute atomic E-state index is 0.129. The Hall–Kier alpha value is -3.20. The summed E-state index contributed by atoms with van der Waals surface area (Å²) in [5.41, 5.74) is -0.0956. The van der Waals surface area contributed by atoms with Gasteiger partial charge in [0.15, 0.2) is 6.61 Å². The summed E-state index contributed by atoms with van der Waals surface area (Å²) in [6.45, 7) is 0.0663. The average molecular weight is 403 g/mol. The lowest BCUT2D eigenvalue weighted by Gasteiger charge is -2.36. The highest BCUT2D eigenvalue weighted by molar-refractivity contribution is 5.94. The number of pyridine rings is 1. The smallest absolute Gasteiger partial charge is 0.260 e. The summed E-state index contributed by atoms with van der Waals surface area (Å²) in [5.74, 6) is -0.858. The maximum atomic E-state index is 12.9. The van der Waals surface area contributed by atoms with E-state index >= 15 is 0 Å². The van der Waals surface area contributed by atoms with Crippen LogP contribution in [0.1, 0.15) is 16.8 Å². The number of halogens is 1. The zero-order chi connectivity index (χ0) is 21.0. The normalized spacial score (nSPS) is 18.9. The topological polar surface area (TPSA) is 101 Å². The quantitative estimate of drug-likeness (QED) is 0.748. The molecule has 1 aliphatic heterocycles. The Morgan fingerprint density at radius 1 is 1.24 bits per heavy atom. The van der Waals surface area contributed by atoms with Gasteiger partial charge in [0.25, 0.3) is 17.4 Å². The molecule has 0 bridgehead atoms. The highest BCUT2D eigenvalue weighted by Gasteiger charge is 2.30. The van der Waals surface area contributed by atoms with E-state index in [-0.39, 0.29) is 36.7 Å². The summed E-state index contributed by atoms with van der Waals surface area (Å²) in [6.07, 6.45) is 0.988. The Morgan fingerprint density at radius 2 is 1.97 bits per heavy atom. The van der Waals surface area contributed by atoms with Crippen LogP contribution in [-0.4, -0.2) is 58.2 Å². The van der Waals surface area contributed by atoms with Crippen LogP contribution in [0.4, 0.5) is 4.39 Å². The van der Waals surface area contributed by atoms with Crippen molar-refractivity contribution in [3.63, 3.8) is 0 Å². The Balaban J connectivity index is 1.58. The van der Waals surface area contributed by atoms with Crippen LogP contribution in [0.5, 0.6) is 5.75 Å². The number of likely N-dealkylation sites (tertiary alicyclic amines) is 1. The number of benzene rings is 1. The highest BCUT2D eigenvalue weighted by Crippen LogP contribution is 2.14. The predicted molar refractivity (Wildman–Crippen MR) is 102 cm³/mol. The summed E-state index contributed by atoms with van der Waals surface area (Å²) < 4.78 is 19.6. The molecule has 0 unspecified atom stereocenters. The number of aryl methyl sites for hydroxylation is 1. The molecular weight excluding hydrogens is 381 g/mol. The van der Waals surface area contributed by atoms with Crippen molar-refractivity contribution in [1.29, 1.82) is 0 Å². The van der Waals surface area contributed by atoms with Gasteiger partial charge in [0.1, 0.15) is 11.6 Å². The SMILES string of the molecule is Cn1ccc(C(=O)N[C@H]2C[C@@H](O)CN(C(=O)COc3ccc(F)cc3)C2)cc1=O. The lowest BCUT2D eigenvalue weighted by atomic mass is 10.0. The Bertz CT molecular complexity index is 944. The third kappa shape index (κ3) is 5.41. The van der Waals surface area contributed by atoms with Gasteiger partial charge in [0.05, 0.1) is 6.10 Å². The Kier molecular flexibility index (Phi) is 6.28. The van der Waals surface area contributed by atoms with Crippen molar-refractivity contribution < 1.29 is 23.8 Å². The third-order valence-corrected chi connectivity index (χ3v) is 4.66. The van der Waals surface area contributed by atoms with E-state index in [4.69, 9.17) is 4.74 Å². The van der Waals surface area contributed by atoms with Gasteiger partial charge < -0.3 is 24.6 Å². The average Bonchev–Trinajstić information content (AvgIpc) is 2.69. The first-order valence-corrected chi connectivity index (χ1v) is 9.13. The standard InChI is InChI=1S/C20H22FN3O5/c1-23-7-6-13(8-18(23)26)20(28)22-15-9-16(25)11-24(10-15)19(27)12-29-17-4-2-14(21)3-5-17/h2-8,15-16,25H,9-12H2,1H3,(H,22,28)/t15-,16+/m0/s1. The molecule has 2 amide bonds. The van der Waals surface area contributed by atoms with Crippen molar-refractivity contribution >= 4 is 11.8 Å². The molecule has 0 spiro atoms. The van der Waals surface area contributed by atoms with E-state index in [1.54, 1.807) is 7.05 Å². The number of aliphatic hydroxyl groups excluding tert-OH is 1. The monoisotopic (exact) mass is 403 g/mol. The number of nitrogens with one attached hydrogen (secondary N) is 1. The second-order valence-corrected chi connectivity index (χ2v) is 6.97. The van der Waals surface area contributed by atoms with Crippen LogP contribution in [0.15, 0.2) is 47.4 Å². The number of rotatable bonds is 5. The first kappa shape index (κ1) is 20.5. The maximum Gasteiger partial charge on any atom is 0.260 e. The molecule has 0 radical (unpaired) electrons. The zero-order valence-electron chi connectivity index (χ0n) is 15.9. The molecule has 2 heterocycles. The van der Waals surface area contributed by atoms with E-state index in [1.165, 1.54) is 52.1 Å². The van der Waals surface area contributed by atoms with Crippen LogP contribution in [0.25, 0.3) is 0 Å². The summed E-state index contributed by atoms with van der Waals surface area (Å²) in [6, 6.07) is 7.58. The summed E-state index contributed by atoms with van der Waals surface area (Å²) >= 11 is 0. The molecule has 1 saturated heterocycles. The number of amides is 2. The molecule has 0 saturated carbocycles. The van der Waals surface area contributed by atoms with Crippen molar-refractivity contribution in [2.75, 3.05) is 19.7 Å². The number of piperidine rings is 1. The fourth-order valence-corrected chi connectivity index (χ4v) is 3.11. The predicted octanol–water partition coefficient (Wildman–Crippen LogP) is 0.295. The number of aliphatic hydroxyl groups is 1. The van der Waals surface area contributed by atoms with E-state index in [0.29, 0.717) is 12.2 Å². The van der Waals surface area contributed by atoms with Gasteiger partial charge in [-0.1, -0.05) is 0 Å². The summed E-state index contributed by atoms with van der Waals surface area (Å²) in [7, 11) is 1.58. The first-order valence-electron chi connectivity index (χ1n) is 9.13. The van der Waals surface area contributed by atoms with E-state index in [9.17, 15) is 23.9 Å². The van der Waals surface area contributed by atoms with Crippen LogP contribution in [0, 0.1) is 5.82 Å². The van der Waals surface area contributed by atoms with Crippen LogP contribution in [-0.2, 0) is 11.8 Å². The second-order valence-electron chi connectivity index (χ2n) is 6.97. The van der Waals surface area contributed by atoms with Crippen molar-refractivity contribution in [3.8, 4) is 5.75 Å². The fourth-order valence-electron chi connectivity index (χ4n) is 3.11. The van der Waals surface area contributed by atoms with E-state index in [2.05, 4.69) is 5.32 Å². The first-order chi connectivity index (χ1) is 13.8. The third-order valence-electron chi connectivity index (χ3n) is 4.66. The van der Waals surface area contributed by atoms with Crippen molar-refractivity contribution in [2.45, 2.75) is 18.6 Å². The molecule has 2 N–H and O–H groups in total. The van der Waals surface area contributed by atoms with E-state index < -0.39 is 23.9 Å². The van der Waals surface area contributed by atoms with Gasteiger partial charge in [-0.05, 0) is 36.8 Å². The summed E-state index contributed by atoms with van der Waals surface area (Å²) in [5, 5.41) is 12.9. The molecule has 1 fully saturated rings. The highest BCUT2D eigenvalue weighted by atomic mass is 19.1. The van der Waals surface area contributed by atoms with Crippen molar-refractivity contribution in [3.05, 3.63) is 64.3 Å². The van der Waals surface area contributed by atoms with Crippen LogP contribution in [0.2, 0.25) is 0 Å². The van der Waals surface area contributed by atoms with Gasteiger partial charge >= 0.3 is 0 Å². The molecule has 1 aliphatic rings. The number of hydrogen-bond donors (Lipinski definition) is 2. The number of aromatic nitrogens is 1. The molecule has 154 valence electrons. The minimum atomic E-state index is -0.799. The van der Waals surface area contributed by atoms with Gasteiger partial charge in [-0.3, -0.25) is 14.4 Å². The fraction of sp³-hybridized carbons (Fsp3) is 0.350. The van der Waals surface area contributed by atoms with E-state index in [1.807, 2.05) is 0 Å². The lowest BCUT2D eigenvalue weighted by Crippen LogP contribution is -2.55. The van der Waals surface area contributed by atoms with E-state index in [0.717, 1.165) is 0 Å². The number of carbonyl (C=O) groups is 2. The molecule has 9 heteroatoms. The molecular formula is C20H22FN3O5.